The van der Waals surface area contributed by atoms with Crippen molar-refractivity contribution >= 4 is 23.3 Å². The van der Waals surface area contributed by atoms with Crippen LogP contribution in [0.4, 0.5) is 11.4 Å². The summed E-state index contributed by atoms with van der Waals surface area (Å²) < 4.78 is 11.0. The first kappa shape index (κ1) is 20.9. The lowest BCUT2D eigenvalue weighted by Gasteiger charge is -2.15. The van der Waals surface area contributed by atoms with Crippen LogP contribution >= 0.6 is 0 Å². The molecule has 0 aliphatic heterocycles. The maximum atomic E-state index is 12.4. The zero-order valence-electron chi connectivity index (χ0n) is 17.2. The quantitative estimate of drug-likeness (QED) is 0.577. The van der Waals surface area contributed by atoms with Crippen molar-refractivity contribution in [3.63, 3.8) is 0 Å². The number of rotatable bonds is 7. The van der Waals surface area contributed by atoms with Crippen LogP contribution in [0.25, 0.3) is 0 Å². The summed E-state index contributed by atoms with van der Waals surface area (Å²) in [6.07, 6.45) is -0.939. The summed E-state index contributed by atoms with van der Waals surface area (Å²) in [5.41, 5.74) is 1.99. The number of ether oxygens (including phenoxy) is 2. The average Bonchev–Trinajstić information content (AvgIpc) is 2.75. The number of hydrogen-bond acceptors (Lipinski definition) is 5. The number of hydrogen-bond donors (Lipinski definition) is 1. The van der Waals surface area contributed by atoms with Crippen molar-refractivity contribution < 1.29 is 19.1 Å². The fourth-order valence-electron chi connectivity index (χ4n) is 2.65. The van der Waals surface area contributed by atoms with Gasteiger partial charge in [-0.25, -0.2) is 4.79 Å². The van der Waals surface area contributed by atoms with Gasteiger partial charge in [0.05, 0.1) is 5.56 Å². The minimum atomic E-state index is -0.939. The lowest BCUT2D eigenvalue weighted by Crippen LogP contribution is -2.30. The number of carbonyl (C=O) groups excluding carboxylic acids is 2. The van der Waals surface area contributed by atoms with Crippen molar-refractivity contribution in [2.24, 2.45) is 0 Å². The smallest absolute Gasteiger partial charge is 0.338 e. The Morgan fingerprint density at radius 1 is 0.833 bits per heavy atom. The predicted molar refractivity (Wildman–Crippen MR) is 117 cm³/mol. The van der Waals surface area contributed by atoms with E-state index in [9.17, 15) is 9.59 Å². The molecule has 1 amide bonds. The van der Waals surface area contributed by atoms with Gasteiger partial charge in [0.25, 0.3) is 5.91 Å². The Kier molecular flexibility index (Phi) is 6.70. The highest BCUT2D eigenvalue weighted by Gasteiger charge is 2.19. The molecule has 0 fully saturated rings. The largest absolute Gasteiger partial charge is 0.457 e. The third kappa shape index (κ3) is 5.61. The molecule has 0 bridgehead atoms. The summed E-state index contributed by atoms with van der Waals surface area (Å²) in [7, 11) is 3.88. The third-order valence-electron chi connectivity index (χ3n) is 4.37. The standard InChI is InChI=1S/C24H24N2O4/c1-17(23(27)25-19-11-13-20(14-12-19)26(2)3)29-24(28)18-9-15-22(16-10-18)30-21-7-5-4-6-8-21/h4-17H,1-3H3,(H,25,27). The second kappa shape index (κ2) is 9.60. The second-order valence-corrected chi connectivity index (χ2v) is 6.92. The molecule has 6 nitrogen and oxygen atoms in total. The number of anilines is 2. The van der Waals surface area contributed by atoms with Crippen molar-refractivity contribution in [2.75, 3.05) is 24.3 Å². The lowest BCUT2D eigenvalue weighted by atomic mass is 10.2. The van der Waals surface area contributed by atoms with Gasteiger partial charge in [-0.15, -0.1) is 0 Å². The molecule has 1 unspecified atom stereocenters. The molecule has 6 heteroatoms. The Bertz CT molecular complexity index is 984. The van der Waals surface area contributed by atoms with Crippen LogP contribution in [-0.4, -0.2) is 32.1 Å². The monoisotopic (exact) mass is 404 g/mol. The Balaban J connectivity index is 1.54. The predicted octanol–water partition coefficient (Wildman–Crippen LogP) is 4.73. The van der Waals surface area contributed by atoms with E-state index in [2.05, 4.69) is 5.32 Å². The number of benzene rings is 3. The van der Waals surface area contributed by atoms with Crippen molar-refractivity contribution in [3.05, 3.63) is 84.4 Å². The number of nitrogens with one attached hydrogen (secondary N) is 1. The molecule has 0 heterocycles. The number of carbonyl (C=O) groups is 2. The molecule has 0 aliphatic rings. The zero-order valence-corrected chi connectivity index (χ0v) is 17.2. The van der Waals surface area contributed by atoms with Gasteiger partial charge in [-0.05, 0) is 67.6 Å². The van der Waals surface area contributed by atoms with Crippen LogP contribution in [0.1, 0.15) is 17.3 Å². The molecule has 1 atom stereocenters. The first-order valence-electron chi connectivity index (χ1n) is 9.54. The van der Waals surface area contributed by atoms with E-state index in [0.717, 1.165) is 5.69 Å². The van der Waals surface area contributed by atoms with E-state index in [4.69, 9.17) is 9.47 Å². The van der Waals surface area contributed by atoms with Crippen LogP contribution in [-0.2, 0) is 9.53 Å². The lowest BCUT2D eigenvalue weighted by molar-refractivity contribution is -0.123. The van der Waals surface area contributed by atoms with Crippen LogP contribution in [0.3, 0.4) is 0 Å². The summed E-state index contributed by atoms with van der Waals surface area (Å²) in [6.45, 7) is 1.54. The van der Waals surface area contributed by atoms with E-state index in [1.807, 2.05) is 61.5 Å². The minimum Gasteiger partial charge on any atom is -0.457 e. The Labute approximate surface area is 176 Å². The van der Waals surface area contributed by atoms with E-state index in [1.165, 1.54) is 6.92 Å². The molecule has 3 aromatic rings. The molecule has 154 valence electrons. The van der Waals surface area contributed by atoms with Crippen LogP contribution in [0.2, 0.25) is 0 Å². The number of nitrogens with zero attached hydrogens (tertiary/aromatic N) is 1. The Morgan fingerprint density at radius 2 is 1.43 bits per heavy atom. The fraction of sp³-hybridized carbons (Fsp3) is 0.167. The van der Waals surface area contributed by atoms with Gasteiger partial charge in [0.1, 0.15) is 11.5 Å². The molecule has 0 saturated heterocycles. The van der Waals surface area contributed by atoms with Crippen molar-refractivity contribution in [3.8, 4) is 11.5 Å². The molecule has 0 spiro atoms. The molecule has 3 rings (SSSR count). The highest BCUT2D eigenvalue weighted by molar-refractivity contribution is 5.97. The first-order chi connectivity index (χ1) is 14.4. The molecule has 1 N–H and O–H groups in total. The van der Waals surface area contributed by atoms with Crippen LogP contribution in [0, 0.1) is 0 Å². The molecule has 3 aromatic carbocycles. The Hall–Kier alpha value is -3.80. The van der Waals surface area contributed by atoms with Crippen molar-refractivity contribution in [2.45, 2.75) is 13.0 Å². The minimum absolute atomic E-state index is 0.338. The first-order valence-corrected chi connectivity index (χ1v) is 9.54. The van der Waals surface area contributed by atoms with Gasteiger partial charge >= 0.3 is 5.97 Å². The molecular weight excluding hydrogens is 380 g/mol. The van der Waals surface area contributed by atoms with Crippen LogP contribution < -0.4 is 15.0 Å². The molecule has 0 saturated carbocycles. The maximum Gasteiger partial charge on any atom is 0.338 e. The van der Waals surface area contributed by atoms with Gasteiger partial charge < -0.3 is 19.7 Å². The fourth-order valence-corrected chi connectivity index (χ4v) is 2.65. The third-order valence-corrected chi connectivity index (χ3v) is 4.37. The summed E-state index contributed by atoms with van der Waals surface area (Å²) in [5.74, 6) is 0.332. The van der Waals surface area contributed by atoms with Gasteiger partial charge in [-0.3, -0.25) is 4.79 Å². The van der Waals surface area contributed by atoms with E-state index >= 15 is 0 Å². The average molecular weight is 404 g/mol. The maximum absolute atomic E-state index is 12.4. The second-order valence-electron chi connectivity index (χ2n) is 6.92. The summed E-state index contributed by atoms with van der Waals surface area (Å²) >= 11 is 0. The normalized spacial score (nSPS) is 11.3. The van der Waals surface area contributed by atoms with Gasteiger partial charge in [-0.2, -0.15) is 0 Å². The summed E-state index contributed by atoms with van der Waals surface area (Å²) in [5, 5.41) is 2.75. The number of esters is 1. The molecule has 30 heavy (non-hydrogen) atoms. The van der Waals surface area contributed by atoms with Crippen molar-refractivity contribution in [1.82, 2.24) is 0 Å². The van der Waals surface area contributed by atoms with Gasteiger partial charge in [0, 0.05) is 25.5 Å². The van der Waals surface area contributed by atoms with Gasteiger partial charge in [-0.1, -0.05) is 18.2 Å². The van der Waals surface area contributed by atoms with Crippen LogP contribution in [0.5, 0.6) is 11.5 Å². The molecule has 0 aromatic heterocycles. The zero-order chi connectivity index (χ0) is 21.5. The van der Waals surface area contributed by atoms with Gasteiger partial charge in [0.15, 0.2) is 6.10 Å². The summed E-state index contributed by atoms with van der Waals surface area (Å²) in [6, 6.07) is 23.3. The summed E-state index contributed by atoms with van der Waals surface area (Å²) in [4.78, 5) is 26.7. The topological polar surface area (TPSA) is 67.9 Å². The van der Waals surface area contributed by atoms with E-state index < -0.39 is 18.0 Å². The highest BCUT2D eigenvalue weighted by Crippen LogP contribution is 2.21. The van der Waals surface area contributed by atoms with Crippen molar-refractivity contribution in [1.29, 1.82) is 0 Å². The number of amides is 1. The molecule has 0 aliphatic carbocycles. The van der Waals surface area contributed by atoms with Gasteiger partial charge in [0.2, 0.25) is 0 Å². The highest BCUT2D eigenvalue weighted by atomic mass is 16.5. The van der Waals surface area contributed by atoms with Crippen LogP contribution in [0.15, 0.2) is 78.9 Å². The Morgan fingerprint density at radius 3 is 2.03 bits per heavy atom. The van der Waals surface area contributed by atoms with E-state index in [1.54, 1.807) is 36.4 Å². The SMILES string of the molecule is CC(OC(=O)c1ccc(Oc2ccccc2)cc1)C(=O)Nc1ccc(N(C)C)cc1. The molecular formula is C24H24N2O4. The number of para-hydroxylation sites is 1. The van der Waals surface area contributed by atoms with E-state index in [0.29, 0.717) is 22.7 Å². The van der Waals surface area contributed by atoms with E-state index in [-0.39, 0.29) is 0 Å². The molecule has 0 radical (unpaired) electrons.